The molecule has 0 heterocycles. The standard InChI is InChI=1S/C14H22.C2H6.CH4/c1-13(2,3)11-8-7-9-12(10-11)14(4,5)6;1-2;/h7-10H,1-6H3;1-2H3;1H4. The second-order valence-corrected chi connectivity index (χ2v) is 6.08. The quantitative estimate of drug-likeness (QED) is 0.522. The topological polar surface area (TPSA) is 0 Å². The summed E-state index contributed by atoms with van der Waals surface area (Å²) in [5.74, 6) is 0. The number of hydrogen-bond acceptors (Lipinski definition) is 0. The second-order valence-electron chi connectivity index (χ2n) is 6.08. The van der Waals surface area contributed by atoms with E-state index in [9.17, 15) is 0 Å². The summed E-state index contributed by atoms with van der Waals surface area (Å²) in [6.07, 6.45) is 0. The van der Waals surface area contributed by atoms with E-state index < -0.39 is 0 Å². The van der Waals surface area contributed by atoms with Crippen molar-refractivity contribution >= 4 is 0 Å². The van der Waals surface area contributed by atoms with Crippen LogP contribution in [-0.2, 0) is 10.8 Å². The Hall–Kier alpha value is -0.780. The molecule has 0 spiro atoms. The zero-order chi connectivity index (χ0) is 13.0. The van der Waals surface area contributed by atoms with Crippen LogP contribution in [-0.4, -0.2) is 0 Å². The van der Waals surface area contributed by atoms with Crippen molar-refractivity contribution in [3.05, 3.63) is 35.4 Å². The van der Waals surface area contributed by atoms with Gasteiger partial charge in [-0.2, -0.15) is 0 Å². The van der Waals surface area contributed by atoms with Gasteiger partial charge in [-0.15, -0.1) is 0 Å². The van der Waals surface area contributed by atoms with Crippen LogP contribution >= 0.6 is 0 Å². The fourth-order valence-electron chi connectivity index (χ4n) is 1.45. The molecule has 0 nitrogen and oxygen atoms in total. The highest BCUT2D eigenvalue weighted by atomic mass is 14.2. The maximum Gasteiger partial charge on any atom is -0.0132 e. The summed E-state index contributed by atoms with van der Waals surface area (Å²) in [5.41, 5.74) is 3.34. The van der Waals surface area contributed by atoms with E-state index in [0.29, 0.717) is 0 Å². The van der Waals surface area contributed by atoms with Crippen LogP contribution < -0.4 is 0 Å². The monoisotopic (exact) mass is 236 g/mol. The zero-order valence-electron chi connectivity index (χ0n) is 12.3. The number of hydrogen-bond donors (Lipinski definition) is 0. The van der Waals surface area contributed by atoms with Crippen molar-refractivity contribution in [1.82, 2.24) is 0 Å². The molecule has 0 aromatic heterocycles. The Morgan fingerprint density at radius 3 is 1.24 bits per heavy atom. The minimum atomic E-state index is 0. The largest absolute Gasteiger partial charge is 0.0776 e. The van der Waals surface area contributed by atoms with Crippen molar-refractivity contribution < 1.29 is 0 Å². The summed E-state index contributed by atoms with van der Waals surface area (Å²) in [6, 6.07) is 8.94. The predicted molar refractivity (Wildman–Crippen MR) is 81.9 cm³/mol. The van der Waals surface area contributed by atoms with Crippen LogP contribution in [0.1, 0.15) is 73.9 Å². The zero-order valence-corrected chi connectivity index (χ0v) is 12.3. The van der Waals surface area contributed by atoms with Crippen molar-refractivity contribution in [2.45, 2.75) is 73.6 Å². The van der Waals surface area contributed by atoms with Crippen LogP contribution in [0.2, 0.25) is 0 Å². The van der Waals surface area contributed by atoms with E-state index in [1.807, 2.05) is 13.8 Å². The first-order valence-electron chi connectivity index (χ1n) is 6.32. The Bertz CT molecular complexity index is 278. The Kier molecular flexibility index (Phi) is 7.47. The van der Waals surface area contributed by atoms with Gasteiger partial charge in [0.15, 0.2) is 0 Å². The van der Waals surface area contributed by atoms with Gasteiger partial charge in [0.25, 0.3) is 0 Å². The Balaban J connectivity index is 0. The number of rotatable bonds is 0. The van der Waals surface area contributed by atoms with Gasteiger partial charge in [0.2, 0.25) is 0 Å². The van der Waals surface area contributed by atoms with E-state index in [2.05, 4.69) is 65.8 Å². The van der Waals surface area contributed by atoms with E-state index in [0.717, 1.165) is 0 Å². The summed E-state index contributed by atoms with van der Waals surface area (Å²) >= 11 is 0. The molecule has 0 heteroatoms. The molecule has 0 fully saturated rings. The Morgan fingerprint density at radius 2 is 1.00 bits per heavy atom. The third-order valence-electron chi connectivity index (χ3n) is 2.59. The van der Waals surface area contributed by atoms with Crippen molar-refractivity contribution in [1.29, 1.82) is 0 Å². The fraction of sp³-hybridized carbons (Fsp3) is 0.647. The Labute approximate surface area is 109 Å². The first-order valence-corrected chi connectivity index (χ1v) is 6.32. The molecule has 100 valence electrons. The summed E-state index contributed by atoms with van der Waals surface area (Å²) in [7, 11) is 0. The van der Waals surface area contributed by atoms with E-state index in [1.54, 1.807) is 0 Å². The maximum atomic E-state index is 2.33. The van der Waals surface area contributed by atoms with Crippen LogP contribution in [0, 0.1) is 0 Å². The van der Waals surface area contributed by atoms with Gasteiger partial charge < -0.3 is 0 Å². The molecule has 0 aliphatic carbocycles. The SMILES string of the molecule is C.CC.CC(C)(C)c1cccc(C(C)(C)C)c1. The van der Waals surface area contributed by atoms with E-state index in [1.165, 1.54) is 11.1 Å². The minimum absolute atomic E-state index is 0. The van der Waals surface area contributed by atoms with Crippen LogP contribution in [0.3, 0.4) is 0 Å². The molecular formula is C17H32. The molecule has 1 aromatic rings. The van der Waals surface area contributed by atoms with Crippen LogP contribution in [0.15, 0.2) is 24.3 Å². The summed E-state index contributed by atoms with van der Waals surface area (Å²) in [5, 5.41) is 0. The van der Waals surface area contributed by atoms with Crippen molar-refractivity contribution in [3.63, 3.8) is 0 Å². The molecule has 0 amide bonds. The van der Waals surface area contributed by atoms with Gasteiger partial charge in [-0.1, -0.05) is 87.1 Å². The average molecular weight is 236 g/mol. The molecule has 0 radical (unpaired) electrons. The molecule has 0 bridgehead atoms. The summed E-state index contributed by atoms with van der Waals surface area (Å²) < 4.78 is 0. The van der Waals surface area contributed by atoms with Crippen molar-refractivity contribution in [2.75, 3.05) is 0 Å². The highest BCUT2D eigenvalue weighted by Gasteiger charge is 2.18. The van der Waals surface area contributed by atoms with Crippen molar-refractivity contribution in [3.8, 4) is 0 Å². The first kappa shape index (κ1) is 18.6. The highest BCUT2D eigenvalue weighted by molar-refractivity contribution is 5.32. The molecular weight excluding hydrogens is 204 g/mol. The minimum Gasteiger partial charge on any atom is -0.0776 e. The Morgan fingerprint density at radius 1 is 0.706 bits per heavy atom. The van der Waals surface area contributed by atoms with E-state index in [4.69, 9.17) is 0 Å². The summed E-state index contributed by atoms with van der Waals surface area (Å²) in [4.78, 5) is 0. The smallest absolute Gasteiger partial charge is 0.0132 e. The van der Waals surface area contributed by atoms with E-state index in [-0.39, 0.29) is 18.3 Å². The number of benzene rings is 1. The average Bonchev–Trinajstić information content (AvgIpc) is 2.18. The van der Waals surface area contributed by atoms with Crippen molar-refractivity contribution in [2.24, 2.45) is 0 Å². The molecule has 0 aliphatic rings. The normalized spacial score (nSPS) is 11.1. The molecule has 1 rings (SSSR count). The van der Waals surface area contributed by atoms with Crippen LogP contribution in [0.25, 0.3) is 0 Å². The van der Waals surface area contributed by atoms with Gasteiger partial charge in [0, 0.05) is 0 Å². The molecule has 0 saturated heterocycles. The molecule has 0 atom stereocenters. The van der Waals surface area contributed by atoms with Gasteiger partial charge in [0.05, 0.1) is 0 Å². The maximum absolute atomic E-state index is 2.33. The van der Waals surface area contributed by atoms with E-state index >= 15 is 0 Å². The van der Waals surface area contributed by atoms with Crippen LogP contribution in [0.5, 0.6) is 0 Å². The molecule has 1 aromatic carbocycles. The molecule has 0 unspecified atom stereocenters. The lowest BCUT2D eigenvalue weighted by molar-refractivity contribution is 0.568. The van der Waals surface area contributed by atoms with Gasteiger partial charge >= 0.3 is 0 Å². The second kappa shape index (κ2) is 6.83. The molecule has 0 aliphatic heterocycles. The first-order chi connectivity index (χ1) is 7.21. The summed E-state index contributed by atoms with van der Waals surface area (Å²) in [6.45, 7) is 17.6. The highest BCUT2D eigenvalue weighted by Crippen LogP contribution is 2.28. The lowest BCUT2D eigenvalue weighted by atomic mass is 9.81. The lowest BCUT2D eigenvalue weighted by Crippen LogP contribution is -2.15. The third-order valence-corrected chi connectivity index (χ3v) is 2.59. The third kappa shape index (κ3) is 5.91. The van der Waals surface area contributed by atoms with Gasteiger partial charge in [-0.3, -0.25) is 0 Å². The van der Waals surface area contributed by atoms with Gasteiger partial charge in [-0.05, 0) is 22.0 Å². The molecule has 17 heavy (non-hydrogen) atoms. The molecule has 0 N–H and O–H groups in total. The van der Waals surface area contributed by atoms with Gasteiger partial charge in [-0.25, -0.2) is 0 Å². The van der Waals surface area contributed by atoms with Crippen LogP contribution in [0.4, 0.5) is 0 Å². The molecule has 0 saturated carbocycles. The van der Waals surface area contributed by atoms with Gasteiger partial charge in [0.1, 0.15) is 0 Å². The lowest BCUT2D eigenvalue weighted by Gasteiger charge is -2.24. The predicted octanol–water partition coefficient (Wildman–Crippen LogP) is 5.94. The fourth-order valence-corrected chi connectivity index (χ4v) is 1.45.